The first-order chi connectivity index (χ1) is 9.66. The van der Waals surface area contributed by atoms with Gasteiger partial charge in [-0.1, -0.05) is 6.07 Å². The smallest absolute Gasteiger partial charge is 0.331 e. The van der Waals surface area contributed by atoms with Crippen molar-refractivity contribution in [2.45, 2.75) is 25.3 Å². The van der Waals surface area contributed by atoms with Gasteiger partial charge in [-0.3, -0.25) is 4.79 Å². The zero-order chi connectivity index (χ0) is 13.9. The monoisotopic (exact) mass is 291 g/mol. The number of carbonyl (C=O) groups is 2. The Morgan fingerprint density at radius 2 is 2.00 bits per heavy atom. The predicted molar refractivity (Wildman–Crippen MR) is 74.1 cm³/mol. The second-order valence-corrected chi connectivity index (χ2v) is 7.29. The molecular formula is C15H17NO3S. The average molecular weight is 291 g/mol. The van der Waals surface area contributed by atoms with Crippen LogP contribution in [-0.2, 0) is 9.59 Å². The lowest BCUT2D eigenvalue weighted by molar-refractivity contribution is -0.142. The molecule has 1 heterocycles. The molecule has 2 bridgehead atoms. The molecule has 2 N–H and O–H groups in total. The number of amides is 1. The summed E-state index contributed by atoms with van der Waals surface area (Å²) in [4.78, 5) is 24.4. The molecule has 0 aliphatic heterocycles. The highest BCUT2D eigenvalue weighted by atomic mass is 32.1. The molecule has 1 aromatic rings. The number of hydrogen-bond acceptors (Lipinski definition) is 3. The second kappa shape index (κ2) is 4.32. The van der Waals surface area contributed by atoms with Crippen LogP contribution in [0, 0.1) is 29.6 Å². The van der Waals surface area contributed by atoms with Gasteiger partial charge < -0.3 is 10.4 Å². The van der Waals surface area contributed by atoms with E-state index in [1.807, 2.05) is 11.4 Å². The first-order valence-electron chi connectivity index (χ1n) is 7.23. The molecule has 1 aromatic heterocycles. The highest BCUT2D eigenvalue weighted by Gasteiger charge is 2.67. The van der Waals surface area contributed by atoms with Crippen molar-refractivity contribution in [1.29, 1.82) is 0 Å². The standard InChI is InChI=1S/C15H17NO3S/c17-14(12-10-7-3-4-8(6-7)11(10)12)16-13(15(18)19)9-2-1-5-20-9/h1-2,5,7-8,10-13H,3-4,6H2,(H,16,17)(H,18,19). The normalized spacial score (nSPS) is 38.3. The van der Waals surface area contributed by atoms with Crippen LogP contribution in [0.5, 0.6) is 0 Å². The summed E-state index contributed by atoms with van der Waals surface area (Å²) in [7, 11) is 0. The number of rotatable bonds is 4. The van der Waals surface area contributed by atoms with Gasteiger partial charge in [0.15, 0.2) is 6.04 Å². The highest BCUT2D eigenvalue weighted by molar-refractivity contribution is 7.10. The van der Waals surface area contributed by atoms with Crippen molar-refractivity contribution in [1.82, 2.24) is 5.32 Å². The van der Waals surface area contributed by atoms with Gasteiger partial charge in [0.2, 0.25) is 5.91 Å². The van der Waals surface area contributed by atoms with E-state index in [9.17, 15) is 14.7 Å². The third-order valence-electron chi connectivity index (χ3n) is 5.40. The van der Waals surface area contributed by atoms with Crippen LogP contribution in [0.3, 0.4) is 0 Å². The number of carboxylic acids is 1. The van der Waals surface area contributed by atoms with Gasteiger partial charge in [-0.2, -0.15) is 0 Å². The fourth-order valence-electron chi connectivity index (χ4n) is 4.62. The minimum Gasteiger partial charge on any atom is -0.479 e. The van der Waals surface area contributed by atoms with Crippen LogP contribution in [-0.4, -0.2) is 17.0 Å². The molecule has 4 rings (SSSR count). The lowest BCUT2D eigenvalue weighted by atomic mass is 10.0. The van der Waals surface area contributed by atoms with Gasteiger partial charge in [0.05, 0.1) is 0 Å². The minimum absolute atomic E-state index is 0.0441. The van der Waals surface area contributed by atoms with Crippen molar-refractivity contribution in [3.8, 4) is 0 Å². The number of hydrogen-bond donors (Lipinski definition) is 2. The number of nitrogens with one attached hydrogen (secondary N) is 1. The number of carbonyl (C=O) groups excluding carboxylic acids is 1. The van der Waals surface area contributed by atoms with Gasteiger partial charge in [-0.05, 0) is 54.4 Å². The van der Waals surface area contributed by atoms with E-state index >= 15 is 0 Å². The van der Waals surface area contributed by atoms with Crippen molar-refractivity contribution in [2.24, 2.45) is 29.6 Å². The van der Waals surface area contributed by atoms with E-state index in [0.717, 1.165) is 11.8 Å². The summed E-state index contributed by atoms with van der Waals surface area (Å²) >= 11 is 1.37. The molecule has 5 unspecified atom stereocenters. The molecule has 0 spiro atoms. The van der Waals surface area contributed by atoms with Crippen LogP contribution in [0.4, 0.5) is 0 Å². The Bertz CT molecular complexity index is 539. The molecule has 3 fully saturated rings. The van der Waals surface area contributed by atoms with Gasteiger partial charge in [0.1, 0.15) is 0 Å². The van der Waals surface area contributed by atoms with Crippen molar-refractivity contribution in [3.63, 3.8) is 0 Å². The molecule has 4 nitrogen and oxygen atoms in total. The minimum atomic E-state index is -0.977. The summed E-state index contributed by atoms with van der Waals surface area (Å²) in [5, 5.41) is 13.9. The summed E-state index contributed by atoms with van der Waals surface area (Å²) in [5.74, 6) is 1.62. The molecular weight excluding hydrogens is 274 g/mol. The van der Waals surface area contributed by atoms with Gasteiger partial charge >= 0.3 is 5.97 Å². The fraction of sp³-hybridized carbons (Fsp3) is 0.600. The molecule has 3 aliphatic carbocycles. The number of fused-ring (bicyclic) bond motifs is 5. The molecule has 3 saturated carbocycles. The third kappa shape index (κ3) is 1.72. The summed E-state index contributed by atoms with van der Waals surface area (Å²) in [6.07, 6.45) is 3.83. The molecule has 0 aromatic carbocycles. The molecule has 1 amide bonds. The first kappa shape index (κ1) is 12.4. The van der Waals surface area contributed by atoms with Crippen molar-refractivity contribution in [2.75, 3.05) is 0 Å². The van der Waals surface area contributed by atoms with Gasteiger partial charge in [-0.15, -0.1) is 11.3 Å². The maximum absolute atomic E-state index is 12.4. The topological polar surface area (TPSA) is 66.4 Å². The molecule has 5 atom stereocenters. The van der Waals surface area contributed by atoms with Crippen molar-refractivity contribution in [3.05, 3.63) is 22.4 Å². The van der Waals surface area contributed by atoms with Crippen LogP contribution in [0.25, 0.3) is 0 Å². The highest BCUT2D eigenvalue weighted by Crippen LogP contribution is 2.69. The number of thiophene rings is 1. The molecule has 0 saturated heterocycles. The molecule has 3 aliphatic rings. The Balaban J connectivity index is 1.46. The summed E-state index contributed by atoms with van der Waals surface area (Å²) in [6.45, 7) is 0. The SMILES string of the molecule is O=C(O)C(NC(=O)C1C2C3CCC(C3)C12)c1cccs1. The Morgan fingerprint density at radius 3 is 2.55 bits per heavy atom. The van der Waals surface area contributed by atoms with Crippen molar-refractivity contribution >= 4 is 23.2 Å². The van der Waals surface area contributed by atoms with Crippen LogP contribution < -0.4 is 5.32 Å². The molecule has 20 heavy (non-hydrogen) atoms. The first-order valence-corrected chi connectivity index (χ1v) is 8.11. The van der Waals surface area contributed by atoms with Crippen LogP contribution in [0.1, 0.15) is 30.2 Å². The summed E-state index contributed by atoms with van der Waals surface area (Å²) in [6, 6.07) is 2.69. The maximum Gasteiger partial charge on any atom is 0.331 e. The Hall–Kier alpha value is -1.36. The number of carboxylic acid groups (broad SMARTS) is 1. The quantitative estimate of drug-likeness (QED) is 0.894. The Morgan fingerprint density at radius 1 is 1.30 bits per heavy atom. The van der Waals surface area contributed by atoms with E-state index in [0.29, 0.717) is 16.7 Å². The summed E-state index contributed by atoms with van der Waals surface area (Å²) in [5.41, 5.74) is 0. The third-order valence-corrected chi connectivity index (χ3v) is 6.34. The zero-order valence-electron chi connectivity index (χ0n) is 11.0. The molecule has 5 heteroatoms. The Kier molecular flexibility index (Phi) is 2.67. The van der Waals surface area contributed by atoms with E-state index in [2.05, 4.69) is 5.32 Å². The zero-order valence-corrected chi connectivity index (χ0v) is 11.8. The molecule has 106 valence electrons. The molecule has 0 radical (unpaired) electrons. The van der Waals surface area contributed by atoms with E-state index < -0.39 is 12.0 Å². The predicted octanol–water partition coefficient (Wildman–Crippen LogP) is 2.28. The van der Waals surface area contributed by atoms with E-state index in [1.165, 1.54) is 30.6 Å². The summed E-state index contributed by atoms with van der Waals surface area (Å²) < 4.78 is 0. The van der Waals surface area contributed by atoms with Crippen LogP contribution in [0.2, 0.25) is 0 Å². The van der Waals surface area contributed by atoms with Crippen molar-refractivity contribution < 1.29 is 14.7 Å². The largest absolute Gasteiger partial charge is 0.479 e. The lowest BCUT2D eigenvalue weighted by Crippen LogP contribution is -2.35. The fourth-order valence-corrected chi connectivity index (χ4v) is 5.39. The maximum atomic E-state index is 12.4. The number of aliphatic carboxylic acids is 1. The van der Waals surface area contributed by atoms with Crippen LogP contribution in [0.15, 0.2) is 17.5 Å². The lowest BCUT2D eigenvalue weighted by Gasteiger charge is -2.15. The Labute approximate surface area is 121 Å². The van der Waals surface area contributed by atoms with Gasteiger partial charge in [-0.25, -0.2) is 4.79 Å². The van der Waals surface area contributed by atoms with Gasteiger partial charge in [0.25, 0.3) is 0 Å². The average Bonchev–Trinajstić information content (AvgIpc) is 2.85. The van der Waals surface area contributed by atoms with E-state index in [-0.39, 0.29) is 11.8 Å². The van der Waals surface area contributed by atoms with Gasteiger partial charge in [0, 0.05) is 10.8 Å². The van der Waals surface area contributed by atoms with E-state index in [4.69, 9.17) is 0 Å². The van der Waals surface area contributed by atoms with E-state index in [1.54, 1.807) is 6.07 Å². The second-order valence-electron chi connectivity index (χ2n) is 6.31. The van der Waals surface area contributed by atoms with Crippen LogP contribution >= 0.6 is 11.3 Å².